The third kappa shape index (κ3) is 3.51. The number of nitrogens with one attached hydrogen (secondary N) is 1. The van der Waals surface area contributed by atoms with E-state index >= 15 is 0 Å². The van der Waals surface area contributed by atoms with Crippen LogP contribution in [0.1, 0.15) is 21.5 Å². The molecule has 0 saturated heterocycles. The van der Waals surface area contributed by atoms with Gasteiger partial charge in [0, 0.05) is 17.9 Å². The first kappa shape index (κ1) is 14.8. The molecule has 0 aromatic heterocycles. The van der Waals surface area contributed by atoms with E-state index in [4.69, 9.17) is 10.5 Å². The van der Waals surface area contributed by atoms with Crippen molar-refractivity contribution in [3.63, 3.8) is 0 Å². The van der Waals surface area contributed by atoms with Crippen LogP contribution in [0.2, 0.25) is 0 Å². The first-order chi connectivity index (χ1) is 10.0. The van der Waals surface area contributed by atoms with Crippen molar-refractivity contribution >= 4 is 17.3 Å². The van der Waals surface area contributed by atoms with Crippen LogP contribution in [0.5, 0.6) is 0 Å². The summed E-state index contributed by atoms with van der Waals surface area (Å²) in [7, 11) is 1.31. The number of esters is 1. The Kier molecular flexibility index (Phi) is 4.42. The summed E-state index contributed by atoms with van der Waals surface area (Å²) in [5.74, 6) is -0.761. The average Bonchev–Trinajstić information content (AvgIpc) is 2.47. The van der Waals surface area contributed by atoms with Gasteiger partial charge in [-0.3, -0.25) is 0 Å². The predicted molar refractivity (Wildman–Crippen MR) is 80.7 cm³/mol. The van der Waals surface area contributed by atoms with E-state index in [1.807, 2.05) is 19.1 Å². The highest BCUT2D eigenvalue weighted by molar-refractivity contribution is 5.97. The van der Waals surface area contributed by atoms with E-state index in [9.17, 15) is 9.18 Å². The zero-order valence-electron chi connectivity index (χ0n) is 11.9. The molecule has 0 heterocycles. The molecule has 2 aromatic rings. The molecule has 21 heavy (non-hydrogen) atoms. The first-order valence-corrected chi connectivity index (χ1v) is 6.48. The van der Waals surface area contributed by atoms with Crippen LogP contribution in [-0.4, -0.2) is 13.1 Å². The van der Waals surface area contributed by atoms with Gasteiger partial charge in [-0.1, -0.05) is 12.1 Å². The van der Waals surface area contributed by atoms with Gasteiger partial charge in [-0.2, -0.15) is 0 Å². The molecule has 0 saturated carbocycles. The van der Waals surface area contributed by atoms with Crippen LogP contribution in [-0.2, 0) is 11.3 Å². The maximum atomic E-state index is 13.1. The van der Waals surface area contributed by atoms with Crippen molar-refractivity contribution in [2.45, 2.75) is 13.5 Å². The minimum atomic E-state index is -0.481. The van der Waals surface area contributed by atoms with E-state index in [-0.39, 0.29) is 5.82 Å². The second-order valence-electron chi connectivity index (χ2n) is 4.73. The summed E-state index contributed by atoms with van der Waals surface area (Å²) >= 11 is 0. The van der Waals surface area contributed by atoms with Crippen molar-refractivity contribution in [2.75, 3.05) is 18.2 Å². The molecule has 2 rings (SSSR count). The number of hydrogen-bond donors (Lipinski definition) is 2. The molecule has 0 aliphatic carbocycles. The van der Waals surface area contributed by atoms with Crippen molar-refractivity contribution < 1.29 is 13.9 Å². The summed E-state index contributed by atoms with van der Waals surface area (Å²) in [6.45, 7) is 2.26. The fourth-order valence-corrected chi connectivity index (χ4v) is 2.03. The van der Waals surface area contributed by atoms with Crippen LogP contribution < -0.4 is 11.1 Å². The Labute approximate surface area is 122 Å². The van der Waals surface area contributed by atoms with Gasteiger partial charge < -0.3 is 15.8 Å². The summed E-state index contributed by atoms with van der Waals surface area (Å²) in [4.78, 5) is 11.7. The monoisotopic (exact) mass is 288 g/mol. The molecule has 0 amide bonds. The van der Waals surface area contributed by atoms with Crippen molar-refractivity contribution in [3.8, 4) is 0 Å². The molecule has 0 fully saturated rings. The van der Waals surface area contributed by atoms with Crippen LogP contribution in [0, 0.1) is 12.7 Å². The zero-order chi connectivity index (χ0) is 15.4. The molecule has 0 unspecified atom stereocenters. The Morgan fingerprint density at radius 2 is 2.10 bits per heavy atom. The fraction of sp³-hybridized carbons (Fsp3) is 0.188. The van der Waals surface area contributed by atoms with E-state index in [0.29, 0.717) is 17.8 Å². The summed E-state index contributed by atoms with van der Waals surface area (Å²) in [6.07, 6.45) is 0. The van der Waals surface area contributed by atoms with Gasteiger partial charge in [-0.05, 0) is 42.3 Å². The van der Waals surface area contributed by atoms with E-state index in [1.165, 1.54) is 19.2 Å². The normalized spacial score (nSPS) is 10.2. The molecule has 3 N–H and O–H groups in total. The van der Waals surface area contributed by atoms with Gasteiger partial charge in [0.05, 0.1) is 12.7 Å². The van der Waals surface area contributed by atoms with E-state index in [1.54, 1.807) is 12.1 Å². The molecule has 2 aromatic carbocycles. The number of nitrogens with two attached hydrogens (primary N) is 1. The molecule has 0 atom stereocenters. The molecule has 0 spiro atoms. The maximum Gasteiger partial charge on any atom is 0.340 e. The molecule has 5 heteroatoms. The van der Waals surface area contributed by atoms with Gasteiger partial charge in [0.15, 0.2) is 0 Å². The smallest absolute Gasteiger partial charge is 0.340 e. The topological polar surface area (TPSA) is 64.3 Å². The van der Waals surface area contributed by atoms with Crippen LogP contribution in [0.4, 0.5) is 15.8 Å². The average molecular weight is 288 g/mol. The molecular weight excluding hydrogens is 271 g/mol. The van der Waals surface area contributed by atoms with Gasteiger partial charge in [0.2, 0.25) is 0 Å². The minimum absolute atomic E-state index is 0.280. The van der Waals surface area contributed by atoms with Crippen LogP contribution in [0.3, 0.4) is 0 Å². The number of anilines is 2. The Balaban J connectivity index is 2.21. The van der Waals surface area contributed by atoms with Crippen molar-refractivity contribution in [1.82, 2.24) is 0 Å². The molecular formula is C16H17FN2O2. The lowest BCUT2D eigenvalue weighted by Gasteiger charge is -2.12. The number of aryl methyl sites for hydroxylation is 1. The Bertz CT molecular complexity index is 671. The van der Waals surface area contributed by atoms with Crippen molar-refractivity contribution in [1.29, 1.82) is 0 Å². The third-order valence-corrected chi connectivity index (χ3v) is 3.18. The molecule has 0 aliphatic heterocycles. The van der Waals surface area contributed by atoms with Crippen molar-refractivity contribution in [3.05, 3.63) is 58.9 Å². The van der Waals surface area contributed by atoms with E-state index in [2.05, 4.69) is 5.32 Å². The number of rotatable bonds is 4. The van der Waals surface area contributed by atoms with Crippen molar-refractivity contribution in [2.24, 2.45) is 0 Å². The second kappa shape index (κ2) is 6.26. The summed E-state index contributed by atoms with van der Waals surface area (Å²) in [6, 6.07) is 9.79. The molecule has 0 radical (unpaired) electrons. The fourth-order valence-electron chi connectivity index (χ4n) is 2.03. The number of methoxy groups -OCH3 is 1. The Morgan fingerprint density at radius 3 is 2.76 bits per heavy atom. The number of hydrogen-bond acceptors (Lipinski definition) is 4. The summed E-state index contributed by atoms with van der Waals surface area (Å²) in [5.41, 5.74) is 8.91. The number of benzene rings is 2. The lowest BCUT2D eigenvalue weighted by molar-refractivity contribution is 0.0602. The first-order valence-electron chi connectivity index (χ1n) is 6.48. The molecule has 0 aliphatic rings. The molecule has 4 nitrogen and oxygen atoms in total. The third-order valence-electron chi connectivity index (χ3n) is 3.18. The van der Waals surface area contributed by atoms with E-state index < -0.39 is 5.97 Å². The number of halogens is 1. The van der Waals surface area contributed by atoms with Crippen LogP contribution >= 0.6 is 0 Å². The summed E-state index contributed by atoms with van der Waals surface area (Å²) in [5, 5.41) is 3.15. The highest BCUT2D eigenvalue weighted by Crippen LogP contribution is 2.24. The second-order valence-corrected chi connectivity index (χ2v) is 4.73. The predicted octanol–water partition coefficient (Wildman–Crippen LogP) is 3.12. The number of carbonyl (C=O) groups is 1. The van der Waals surface area contributed by atoms with Gasteiger partial charge in [0.1, 0.15) is 5.82 Å². The minimum Gasteiger partial charge on any atom is -0.465 e. The Hall–Kier alpha value is -2.56. The van der Waals surface area contributed by atoms with Crippen LogP contribution in [0.15, 0.2) is 36.4 Å². The van der Waals surface area contributed by atoms with Gasteiger partial charge in [-0.15, -0.1) is 0 Å². The van der Waals surface area contributed by atoms with Gasteiger partial charge >= 0.3 is 5.97 Å². The SMILES string of the molecule is COC(=O)c1cc(NCc2cccc(F)c2)cc(C)c1N. The lowest BCUT2D eigenvalue weighted by Crippen LogP contribution is -2.09. The zero-order valence-corrected chi connectivity index (χ0v) is 11.9. The van der Waals surface area contributed by atoms with Gasteiger partial charge in [0.25, 0.3) is 0 Å². The lowest BCUT2D eigenvalue weighted by atomic mass is 10.1. The van der Waals surface area contributed by atoms with Gasteiger partial charge in [-0.25, -0.2) is 9.18 Å². The number of carbonyl (C=O) groups excluding carboxylic acids is 1. The highest BCUT2D eigenvalue weighted by Gasteiger charge is 2.13. The van der Waals surface area contributed by atoms with E-state index in [0.717, 1.165) is 16.8 Å². The molecule has 0 bridgehead atoms. The largest absolute Gasteiger partial charge is 0.465 e. The molecule has 110 valence electrons. The maximum absolute atomic E-state index is 13.1. The summed E-state index contributed by atoms with van der Waals surface area (Å²) < 4.78 is 17.8. The number of nitrogen functional groups attached to an aromatic ring is 1. The van der Waals surface area contributed by atoms with Crippen LogP contribution in [0.25, 0.3) is 0 Å². The Morgan fingerprint density at radius 1 is 1.33 bits per heavy atom. The quantitative estimate of drug-likeness (QED) is 0.670. The number of ether oxygens (including phenoxy) is 1. The highest BCUT2D eigenvalue weighted by atomic mass is 19.1. The standard InChI is InChI=1S/C16H17FN2O2/c1-10-6-13(8-14(15(10)18)16(20)21-2)19-9-11-4-3-5-12(17)7-11/h3-8,19H,9,18H2,1-2H3.